The molecule has 3 rings (SSSR count). The first-order valence-corrected chi connectivity index (χ1v) is 9.66. The van der Waals surface area contributed by atoms with Crippen LogP contribution in [-0.2, 0) is 17.9 Å². The van der Waals surface area contributed by atoms with E-state index in [1.54, 1.807) is 18.5 Å². The molecule has 0 saturated carbocycles. The van der Waals surface area contributed by atoms with E-state index in [9.17, 15) is 4.79 Å². The quantitative estimate of drug-likeness (QED) is 0.803. The maximum absolute atomic E-state index is 12.2. The van der Waals surface area contributed by atoms with Crippen LogP contribution in [0.25, 0.3) is 0 Å². The number of aromatic nitrogens is 3. The summed E-state index contributed by atoms with van der Waals surface area (Å²) in [5, 5.41) is 11.8. The molecular weight excluding hydrogens is 350 g/mol. The van der Waals surface area contributed by atoms with Crippen molar-refractivity contribution in [3.05, 3.63) is 41.4 Å². The van der Waals surface area contributed by atoms with Crippen molar-refractivity contribution in [3.63, 3.8) is 0 Å². The molecule has 26 heavy (non-hydrogen) atoms. The highest BCUT2D eigenvalue weighted by Crippen LogP contribution is 2.22. The van der Waals surface area contributed by atoms with Crippen LogP contribution in [0.5, 0.6) is 0 Å². The summed E-state index contributed by atoms with van der Waals surface area (Å²) in [4.78, 5) is 14.6. The van der Waals surface area contributed by atoms with Gasteiger partial charge in [0.15, 0.2) is 0 Å². The standard InChI is InChI=1S/C19H26ClN5O/c1-2-25-14-21-23-18(25)13-24-11-3-4-15(12-24)5-10-19(26)22-17-8-6-16(20)7-9-17/h6-9,14-15H,2-5,10-13H2,1H3,(H,22,26)/t15-/m1/s1. The number of benzene rings is 1. The molecule has 1 atom stereocenters. The Morgan fingerprint density at radius 2 is 2.15 bits per heavy atom. The fourth-order valence-electron chi connectivity index (χ4n) is 3.49. The normalized spacial score (nSPS) is 18.0. The van der Waals surface area contributed by atoms with Gasteiger partial charge in [-0.3, -0.25) is 9.69 Å². The third-order valence-electron chi connectivity index (χ3n) is 4.91. The average molecular weight is 376 g/mol. The van der Waals surface area contributed by atoms with E-state index in [1.165, 1.54) is 12.8 Å². The molecule has 140 valence electrons. The molecule has 1 amide bonds. The number of hydrogen-bond acceptors (Lipinski definition) is 4. The van der Waals surface area contributed by atoms with Gasteiger partial charge >= 0.3 is 0 Å². The van der Waals surface area contributed by atoms with Crippen molar-refractivity contribution >= 4 is 23.2 Å². The third-order valence-corrected chi connectivity index (χ3v) is 5.16. The van der Waals surface area contributed by atoms with Gasteiger partial charge < -0.3 is 9.88 Å². The molecule has 0 unspecified atom stereocenters. The molecule has 1 aromatic carbocycles. The monoisotopic (exact) mass is 375 g/mol. The van der Waals surface area contributed by atoms with Crippen molar-refractivity contribution in [2.75, 3.05) is 18.4 Å². The van der Waals surface area contributed by atoms with Gasteiger partial charge in [-0.2, -0.15) is 0 Å². The van der Waals surface area contributed by atoms with Crippen LogP contribution in [0.3, 0.4) is 0 Å². The lowest BCUT2D eigenvalue weighted by Gasteiger charge is -2.32. The topological polar surface area (TPSA) is 63.1 Å². The smallest absolute Gasteiger partial charge is 0.224 e. The predicted octanol–water partition coefficient (Wildman–Crippen LogP) is 3.58. The second-order valence-corrected chi connectivity index (χ2v) is 7.31. The molecule has 0 radical (unpaired) electrons. The van der Waals surface area contributed by atoms with Gasteiger partial charge in [-0.1, -0.05) is 11.6 Å². The highest BCUT2D eigenvalue weighted by Gasteiger charge is 2.22. The van der Waals surface area contributed by atoms with E-state index < -0.39 is 0 Å². The zero-order valence-electron chi connectivity index (χ0n) is 15.2. The number of halogens is 1. The van der Waals surface area contributed by atoms with Crippen molar-refractivity contribution < 1.29 is 4.79 Å². The number of nitrogens with zero attached hydrogens (tertiary/aromatic N) is 4. The van der Waals surface area contributed by atoms with Crippen LogP contribution in [0.1, 0.15) is 38.4 Å². The van der Waals surface area contributed by atoms with Crippen molar-refractivity contribution in [1.29, 1.82) is 0 Å². The highest BCUT2D eigenvalue weighted by molar-refractivity contribution is 6.30. The summed E-state index contributed by atoms with van der Waals surface area (Å²) in [5.41, 5.74) is 0.795. The molecule has 1 aliphatic rings. The SMILES string of the molecule is CCn1cnnc1CN1CCC[C@H](CCC(=O)Nc2ccc(Cl)cc2)C1. The molecule has 0 spiro atoms. The Bertz CT molecular complexity index is 715. The van der Waals surface area contributed by atoms with Gasteiger partial charge in [-0.05, 0) is 62.9 Å². The van der Waals surface area contributed by atoms with Gasteiger partial charge in [0.25, 0.3) is 0 Å². The Morgan fingerprint density at radius 1 is 1.35 bits per heavy atom. The van der Waals surface area contributed by atoms with E-state index in [-0.39, 0.29) is 5.91 Å². The number of hydrogen-bond donors (Lipinski definition) is 1. The predicted molar refractivity (Wildman–Crippen MR) is 103 cm³/mol. The maximum atomic E-state index is 12.2. The fraction of sp³-hybridized carbons (Fsp3) is 0.526. The second kappa shape index (κ2) is 9.14. The Hall–Kier alpha value is -1.92. The number of nitrogens with one attached hydrogen (secondary N) is 1. The summed E-state index contributed by atoms with van der Waals surface area (Å²) in [6.07, 6.45) is 5.61. The van der Waals surface area contributed by atoms with Crippen molar-refractivity contribution in [2.45, 2.75) is 45.7 Å². The molecule has 1 N–H and O–H groups in total. The fourth-order valence-corrected chi connectivity index (χ4v) is 3.61. The van der Waals surface area contributed by atoms with Crippen LogP contribution in [0.4, 0.5) is 5.69 Å². The summed E-state index contributed by atoms with van der Waals surface area (Å²) in [7, 11) is 0. The largest absolute Gasteiger partial charge is 0.326 e. The molecule has 2 aromatic rings. The second-order valence-electron chi connectivity index (χ2n) is 6.87. The minimum absolute atomic E-state index is 0.0650. The van der Waals surface area contributed by atoms with E-state index in [2.05, 4.69) is 31.9 Å². The van der Waals surface area contributed by atoms with Crippen molar-refractivity contribution in [3.8, 4) is 0 Å². The first-order chi connectivity index (χ1) is 12.6. The third kappa shape index (κ3) is 5.29. The van der Waals surface area contributed by atoms with Gasteiger partial charge in [-0.15, -0.1) is 10.2 Å². The molecule has 6 nitrogen and oxygen atoms in total. The maximum Gasteiger partial charge on any atom is 0.224 e. The van der Waals surface area contributed by atoms with Crippen LogP contribution >= 0.6 is 11.6 Å². The molecular formula is C19H26ClN5O. The van der Waals surface area contributed by atoms with Crippen LogP contribution in [0.2, 0.25) is 5.02 Å². The summed E-state index contributed by atoms with van der Waals surface area (Å²) in [5.74, 6) is 1.64. The Balaban J connectivity index is 1.44. The van der Waals surface area contributed by atoms with E-state index in [0.29, 0.717) is 17.4 Å². The molecule has 1 aromatic heterocycles. The van der Waals surface area contributed by atoms with Gasteiger partial charge in [0, 0.05) is 30.2 Å². The number of aryl methyl sites for hydroxylation is 1. The van der Waals surface area contributed by atoms with Crippen LogP contribution in [-0.4, -0.2) is 38.7 Å². The number of amides is 1. The Morgan fingerprint density at radius 3 is 2.92 bits per heavy atom. The molecule has 1 saturated heterocycles. The average Bonchev–Trinajstić information content (AvgIpc) is 3.09. The van der Waals surface area contributed by atoms with Crippen molar-refractivity contribution in [2.24, 2.45) is 5.92 Å². The summed E-state index contributed by atoms with van der Waals surface area (Å²) >= 11 is 5.87. The molecule has 1 fully saturated rings. The molecule has 0 aliphatic carbocycles. The van der Waals surface area contributed by atoms with E-state index >= 15 is 0 Å². The molecule has 0 bridgehead atoms. The minimum atomic E-state index is 0.0650. The van der Waals surface area contributed by atoms with Crippen LogP contribution in [0.15, 0.2) is 30.6 Å². The summed E-state index contributed by atoms with van der Waals surface area (Å²) in [6, 6.07) is 7.22. The van der Waals surface area contributed by atoms with Crippen LogP contribution < -0.4 is 5.32 Å². The van der Waals surface area contributed by atoms with Gasteiger partial charge in [0.2, 0.25) is 5.91 Å². The van der Waals surface area contributed by atoms with Crippen molar-refractivity contribution in [1.82, 2.24) is 19.7 Å². The zero-order chi connectivity index (χ0) is 18.4. The van der Waals surface area contributed by atoms with Gasteiger partial charge in [0.1, 0.15) is 12.2 Å². The van der Waals surface area contributed by atoms with E-state index in [0.717, 1.165) is 44.1 Å². The van der Waals surface area contributed by atoms with E-state index in [1.807, 2.05) is 12.1 Å². The Labute approximate surface area is 159 Å². The summed E-state index contributed by atoms with van der Waals surface area (Å²) < 4.78 is 2.09. The lowest BCUT2D eigenvalue weighted by atomic mass is 9.93. The lowest BCUT2D eigenvalue weighted by molar-refractivity contribution is -0.116. The summed E-state index contributed by atoms with van der Waals surface area (Å²) in [6.45, 7) is 5.94. The zero-order valence-corrected chi connectivity index (χ0v) is 16.0. The molecule has 7 heteroatoms. The van der Waals surface area contributed by atoms with E-state index in [4.69, 9.17) is 11.6 Å². The lowest BCUT2D eigenvalue weighted by Crippen LogP contribution is -2.36. The highest BCUT2D eigenvalue weighted by atomic mass is 35.5. The number of anilines is 1. The minimum Gasteiger partial charge on any atom is -0.326 e. The number of carbonyl (C=O) groups excluding carboxylic acids is 1. The first-order valence-electron chi connectivity index (χ1n) is 9.28. The number of likely N-dealkylation sites (tertiary alicyclic amines) is 1. The Kier molecular flexibility index (Phi) is 6.63. The number of carbonyl (C=O) groups is 1. The molecule has 1 aliphatic heterocycles. The molecule has 2 heterocycles. The van der Waals surface area contributed by atoms with Gasteiger partial charge in [0.05, 0.1) is 6.54 Å². The van der Waals surface area contributed by atoms with Crippen LogP contribution in [0, 0.1) is 5.92 Å². The first kappa shape index (κ1) is 18.9. The van der Waals surface area contributed by atoms with Gasteiger partial charge in [-0.25, -0.2) is 0 Å². The number of piperidine rings is 1. The number of rotatable bonds is 7.